The lowest BCUT2D eigenvalue weighted by Crippen LogP contribution is -2.51. The molecule has 1 aromatic carbocycles. The molecule has 1 saturated heterocycles. The summed E-state index contributed by atoms with van der Waals surface area (Å²) in [5.41, 5.74) is 3.41. The second-order valence-electron chi connectivity index (χ2n) is 11.6. The molecule has 238 valence electrons. The first-order valence-corrected chi connectivity index (χ1v) is 16.5. The lowest BCUT2D eigenvalue weighted by Gasteiger charge is -2.35. The molecule has 12 nitrogen and oxygen atoms in total. The van der Waals surface area contributed by atoms with Gasteiger partial charge in [-0.25, -0.2) is 19.3 Å². The molecule has 2 amide bonds. The Morgan fingerprint density at radius 1 is 1.07 bits per heavy atom. The van der Waals surface area contributed by atoms with Crippen molar-refractivity contribution < 1.29 is 14.0 Å². The summed E-state index contributed by atoms with van der Waals surface area (Å²) in [6, 6.07) is 6.24. The van der Waals surface area contributed by atoms with Gasteiger partial charge in [-0.3, -0.25) is 19.6 Å². The maximum atomic E-state index is 15.6. The Hall–Kier alpha value is -4.69. The van der Waals surface area contributed by atoms with E-state index < -0.39 is 11.9 Å². The molecule has 2 aliphatic rings. The van der Waals surface area contributed by atoms with Gasteiger partial charge in [-0.1, -0.05) is 6.92 Å². The van der Waals surface area contributed by atoms with Gasteiger partial charge in [-0.05, 0) is 55.6 Å². The SMILES string of the molecule is CCCNCC(=O)N1CCN(c2ccc(-c3cc(F)c4cn(C(C(=O)Nc5nccs5)c5ncn6c5CCC6)nc4c3)cn2)CC1. The molecule has 2 N–H and O–H groups in total. The van der Waals surface area contributed by atoms with Crippen LogP contribution >= 0.6 is 11.3 Å². The van der Waals surface area contributed by atoms with Crippen LogP contribution < -0.4 is 15.5 Å². The van der Waals surface area contributed by atoms with Gasteiger partial charge in [0, 0.05) is 68.0 Å². The van der Waals surface area contributed by atoms with Crippen LogP contribution in [0.5, 0.6) is 0 Å². The van der Waals surface area contributed by atoms with Gasteiger partial charge in [0.05, 0.1) is 29.5 Å². The fourth-order valence-electron chi connectivity index (χ4n) is 6.17. The van der Waals surface area contributed by atoms with Crippen LogP contribution in [0.2, 0.25) is 0 Å². The van der Waals surface area contributed by atoms with Gasteiger partial charge in [-0.2, -0.15) is 5.10 Å². The van der Waals surface area contributed by atoms with Crippen molar-refractivity contribution in [3.8, 4) is 11.1 Å². The average Bonchev–Trinajstić information content (AvgIpc) is 3.88. The predicted octanol–water partition coefficient (Wildman–Crippen LogP) is 3.71. The number of aryl methyl sites for hydroxylation is 1. The van der Waals surface area contributed by atoms with Crippen LogP contribution in [0.1, 0.15) is 37.2 Å². The Bertz CT molecular complexity index is 1840. The zero-order valence-electron chi connectivity index (χ0n) is 25.5. The highest BCUT2D eigenvalue weighted by atomic mass is 32.1. The topological polar surface area (TPSA) is 126 Å². The maximum Gasteiger partial charge on any atom is 0.257 e. The Kier molecular flexibility index (Phi) is 8.45. The third kappa shape index (κ3) is 5.97. The highest BCUT2D eigenvalue weighted by Crippen LogP contribution is 2.32. The quantitative estimate of drug-likeness (QED) is 0.221. The minimum absolute atomic E-state index is 0.122. The number of aromatic nitrogens is 6. The van der Waals surface area contributed by atoms with Crippen LogP contribution in [0.4, 0.5) is 15.3 Å². The Labute approximate surface area is 269 Å². The number of pyridine rings is 1. The van der Waals surface area contributed by atoms with Crippen LogP contribution in [0, 0.1) is 5.82 Å². The first-order valence-electron chi connectivity index (χ1n) is 15.6. The van der Waals surface area contributed by atoms with E-state index in [0.29, 0.717) is 60.0 Å². The van der Waals surface area contributed by atoms with Gasteiger partial charge < -0.3 is 19.7 Å². The molecule has 1 atom stereocenters. The monoisotopic (exact) mass is 642 g/mol. The molecule has 46 heavy (non-hydrogen) atoms. The van der Waals surface area contributed by atoms with Crippen LogP contribution in [0.15, 0.2) is 54.6 Å². The average molecular weight is 643 g/mol. The summed E-state index contributed by atoms with van der Waals surface area (Å²) in [4.78, 5) is 43.6. The predicted molar refractivity (Wildman–Crippen MR) is 174 cm³/mol. The van der Waals surface area contributed by atoms with Gasteiger partial charge in [0.25, 0.3) is 5.91 Å². The molecule has 0 radical (unpaired) electrons. The van der Waals surface area contributed by atoms with E-state index >= 15 is 4.39 Å². The first kappa shape index (κ1) is 30.0. The number of carbonyl (C=O) groups is 2. The highest BCUT2D eigenvalue weighted by Gasteiger charge is 2.32. The number of imidazole rings is 1. The van der Waals surface area contributed by atoms with Crippen LogP contribution in [-0.4, -0.2) is 85.3 Å². The first-order chi connectivity index (χ1) is 22.5. The molecule has 4 aromatic heterocycles. The number of hydrogen-bond acceptors (Lipinski definition) is 9. The largest absolute Gasteiger partial charge is 0.353 e. The standard InChI is InChI=1S/C32H35FN10O2S/c1-2-7-34-18-28(44)41-12-10-40(11-13-41)27-6-5-21(17-36-27)22-15-24(33)23-19-43(39-25(23)16-22)30(31(45)38-32-35-8-14-46-32)29-26-4-3-9-42(26)20-37-29/h5-6,8,14-17,19-20,30,34H,2-4,7,9-13,18H2,1H3,(H,35,38,45). The van der Waals surface area contributed by atoms with Crippen molar-refractivity contribution in [3.05, 3.63) is 71.8 Å². The second-order valence-corrected chi connectivity index (χ2v) is 12.4. The molecule has 14 heteroatoms. The van der Waals surface area contributed by atoms with Gasteiger partial charge in [0.1, 0.15) is 11.6 Å². The van der Waals surface area contributed by atoms with Crippen molar-refractivity contribution in [1.29, 1.82) is 0 Å². The highest BCUT2D eigenvalue weighted by molar-refractivity contribution is 7.13. The zero-order valence-corrected chi connectivity index (χ0v) is 26.3. The molecule has 0 spiro atoms. The van der Waals surface area contributed by atoms with Crippen molar-refractivity contribution in [2.75, 3.05) is 49.5 Å². The summed E-state index contributed by atoms with van der Waals surface area (Å²) < 4.78 is 19.2. The van der Waals surface area contributed by atoms with Crippen LogP contribution in [0.3, 0.4) is 0 Å². The van der Waals surface area contributed by atoms with Crippen molar-refractivity contribution >= 4 is 45.0 Å². The molecular formula is C32H35FN10O2S. The smallest absolute Gasteiger partial charge is 0.257 e. The molecule has 0 aliphatic carbocycles. The van der Waals surface area contributed by atoms with Gasteiger partial charge in [0.2, 0.25) is 5.91 Å². The Morgan fingerprint density at radius 2 is 1.93 bits per heavy atom. The molecule has 6 heterocycles. The molecule has 0 saturated carbocycles. The number of fused-ring (bicyclic) bond motifs is 2. The maximum absolute atomic E-state index is 15.6. The third-order valence-electron chi connectivity index (χ3n) is 8.56. The number of thiazole rings is 1. The lowest BCUT2D eigenvalue weighted by molar-refractivity contribution is -0.130. The number of nitrogens with zero attached hydrogens (tertiary/aromatic N) is 8. The van der Waals surface area contributed by atoms with E-state index in [9.17, 15) is 9.59 Å². The van der Waals surface area contributed by atoms with E-state index in [2.05, 4.69) is 42.0 Å². The number of carbonyl (C=O) groups excluding carboxylic acids is 2. The second kappa shape index (κ2) is 13.0. The van der Waals surface area contributed by atoms with Gasteiger partial charge >= 0.3 is 0 Å². The number of benzene rings is 1. The van der Waals surface area contributed by atoms with E-state index in [1.165, 1.54) is 22.1 Å². The zero-order chi connectivity index (χ0) is 31.6. The third-order valence-corrected chi connectivity index (χ3v) is 9.25. The van der Waals surface area contributed by atoms with E-state index in [1.807, 2.05) is 23.1 Å². The van der Waals surface area contributed by atoms with Gasteiger partial charge in [0.15, 0.2) is 11.2 Å². The summed E-state index contributed by atoms with van der Waals surface area (Å²) in [5.74, 6) is 0.158. The van der Waals surface area contributed by atoms with Gasteiger partial charge in [-0.15, -0.1) is 11.3 Å². The summed E-state index contributed by atoms with van der Waals surface area (Å²) in [6.45, 7) is 6.81. The lowest BCUT2D eigenvalue weighted by atomic mass is 10.1. The summed E-state index contributed by atoms with van der Waals surface area (Å²) in [5, 5.41) is 13.3. The van der Waals surface area contributed by atoms with Crippen molar-refractivity contribution in [3.63, 3.8) is 0 Å². The number of halogens is 1. The number of nitrogens with one attached hydrogen (secondary N) is 2. The summed E-state index contributed by atoms with van der Waals surface area (Å²) >= 11 is 1.32. The van der Waals surface area contributed by atoms with Crippen molar-refractivity contribution in [2.24, 2.45) is 0 Å². The Morgan fingerprint density at radius 3 is 2.70 bits per heavy atom. The van der Waals surface area contributed by atoms with Crippen LogP contribution in [0.25, 0.3) is 22.0 Å². The van der Waals surface area contributed by atoms with E-state index in [0.717, 1.165) is 49.4 Å². The number of hydrogen-bond donors (Lipinski definition) is 2. The molecule has 0 bridgehead atoms. The van der Waals surface area contributed by atoms with E-state index in [1.54, 1.807) is 30.3 Å². The Balaban J connectivity index is 1.11. The van der Waals surface area contributed by atoms with Crippen LogP contribution in [-0.2, 0) is 22.6 Å². The number of rotatable bonds is 10. The number of piperazine rings is 1. The molecule has 1 unspecified atom stereocenters. The fourth-order valence-corrected chi connectivity index (χ4v) is 6.70. The minimum atomic E-state index is -0.891. The molecule has 1 fully saturated rings. The number of amides is 2. The fraction of sp³-hybridized carbons (Fsp3) is 0.375. The van der Waals surface area contributed by atoms with E-state index in [4.69, 9.17) is 5.10 Å². The van der Waals surface area contributed by atoms with E-state index in [-0.39, 0.29) is 11.8 Å². The number of anilines is 2. The normalized spacial score (nSPS) is 15.3. The summed E-state index contributed by atoms with van der Waals surface area (Å²) in [7, 11) is 0. The molecule has 7 rings (SSSR count). The molecule has 2 aliphatic heterocycles. The summed E-state index contributed by atoms with van der Waals surface area (Å²) in [6.07, 6.45) is 9.47. The molecule has 5 aromatic rings. The molecular weight excluding hydrogens is 607 g/mol. The van der Waals surface area contributed by atoms with Crippen molar-refractivity contribution in [1.82, 2.24) is 39.5 Å². The van der Waals surface area contributed by atoms with Crippen molar-refractivity contribution in [2.45, 2.75) is 38.8 Å². The minimum Gasteiger partial charge on any atom is -0.353 e.